The molecule has 6 nitrogen and oxygen atoms in total. The van der Waals surface area contributed by atoms with Gasteiger partial charge in [-0.25, -0.2) is 10.2 Å². The van der Waals surface area contributed by atoms with Gasteiger partial charge in [-0.2, -0.15) is 5.10 Å². The third kappa shape index (κ3) is 4.75. The van der Waals surface area contributed by atoms with Crippen LogP contribution in [0.1, 0.15) is 37.4 Å². The fourth-order valence-corrected chi connectivity index (χ4v) is 3.55. The van der Waals surface area contributed by atoms with Crippen molar-refractivity contribution in [2.75, 3.05) is 12.0 Å². The molecule has 1 N–H and O–H groups in total. The van der Waals surface area contributed by atoms with Gasteiger partial charge in [0.25, 0.3) is 5.91 Å². The number of ether oxygens (including phenoxy) is 1. The predicted octanol–water partition coefficient (Wildman–Crippen LogP) is 4.41. The first kappa shape index (κ1) is 20.6. The molecular weight excluding hydrogens is 414 g/mol. The summed E-state index contributed by atoms with van der Waals surface area (Å²) in [7, 11) is 1.33. The normalized spacial score (nSPS) is 12.6. The first-order valence-corrected chi connectivity index (χ1v) is 10.1. The predicted molar refractivity (Wildman–Crippen MR) is 121 cm³/mol. The van der Waals surface area contributed by atoms with Crippen LogP contribution in [0.15, 0.2) is 71.8 Å². The fraction of sp³-hybridized carbons (Fsp3) is 0.125. The standard InChI is InChI=1S/C24H20ClN3O3/c1-31-24(30)17-4-2-16(3-5-17)13-26-27-23(29)18-6-7-19-14-28(15-20(19)12-18)22-10-8-21(25)9-11-22/h2-13H,14-15H2,1H3,(H,27,29)/b26-13+. The van der Waals surface area contributed by atoms with Crippen LogP contribution in [0, 0.1) is 0 Å². The van der Waals surface area contributed by atoms with E-state index in [1.807, 2.05) is 36.4 Å². The minimum atomic E-state index is -0.400. The lowest BCUT2D eigenvalue weighted by Crippen LogP contribution is -2.18. The van der Waals surface area contributed by atoms with Gasteiger partial charge >= 0.3 is 5.97 Å². The van der Waals surface area contributed by atoms with E-state index >= 15 is 0 Å². The number of hydrogen-bond acceptors (Lipinski definition) is 5. The number of carbonyl (C=O) groups is 2. The molecule has 0 unspecified atom stereocenters. The lowest BCUT2D eigenvalue weighted by atomic mass is 10.1. The van der Waals surface area contributed by atoms with Crippen molar-refractivity contribution in [2.24, 2.45) is 5.10 Å². The maximum Gasteiger partial charge on any atom is 0.337 e. The average molecular weight is 434 g/mol. The number of carbonyl (C=O) groups excluding carboxylic acids is 2. The summed E-state index contributed by atoms with van der Waals surface area (Å²) >= 11 is 5.98. The van der Waals surface area contributed by atoms with Crippen LogP contribution in [0.5, 0.6) is 0 Å². The molecule has 0 saturated heterocycles. The van der Waals surface area contributed by atoms with Gasteiger partial charge < -0.3 is 9.64 Å². The molecule has 1 aliphatic heterocycles. The Hall–Kier alpha value is -3.64. The van der Waals surface area contributed by atoms with Crippen molar-refractivity contribution < 1.29 is 14.3 Å². The zero-order chi connectivity index (χ0) is 21.8. The van der Waals surface area contributed by atoms with Gasteiger partial charge in [0.1, 0.15) is 0 Å². The van der Waals surface area contributed by atoms with Crippen molar-refractivity contribution in [3.63, 3.8) is 0 Å². The van der Waals surface area contributed by atoms with Gasteiger partial charge in [-0.05, 0) is 65.2 Å². The minimum Gasteiger partial charge on any atom is -0.465 e. The van der Waals surface area contributed by atoms with Gasteiger partial charge in [0, 0.05) is 29.4 Å². The van der Waals surface area contributed by atoms with E-state index in [-0.39, 0.29) is 5.91 Å². The number of methoxy groups -OCH3 is 1. The molecule has 0 radical (unpaired) electrons. The molecule has 1 amide bonds. The van der Waals surface area contributed by atoms with Crippen molar-refractivity contribution in [3.05, 3.63) is 99.6 Å². The van der Waals surface area contributed by atoms with Crippen molar-refractivity contribution in [3.8, 4) is 0 Å². The lowest BCUT2D eigenvalue weighted by molar-refractivity contribution is 0.0600. The van der Waals surface area contributed by atoms with Crippen LogP contribution in [0.2, 0.25) is 5.02 Å². The average Bonchev–Trinajstić information content (AvgIpc) is 3.22. The quantitative estimate of drug-likeness (QED) is 0.367. The molecule has 0 aromatic heterocycles. The molecule has 0 fully saturated rings. The molecule has 4 rings (SSSR count). The summed E-state index contributed by atoms with van der Waals surface area (Å²) in [6.07, 6.45) is 1.52. The Morgan fingerprint density at radius 2 is 1.65 bits per heavy atom. The van der Waals surface area contributed by atoms with E-state index in [0.29, 0.717) is 16.1 Å². The van der Waals surface area contributed by atoms with Crippen LogP contribution in [-0.4, -0.2) is 25.2 Å². The van der Waals surface area contributed by atoms with Gasteiger partial charge in [0.15, 0.2) is 0 Å². The van der Waals surface area contributed by atoms with Gasteiger partial charge in [-0.15, -0.1) is 0 Å². The Morgan fingerprint density at radius 1 is 0.968 bits per heavy atom. The summed E-state index contributed by atoms with van der Waals surface area (Å²) in [6, 6.07) is 20.2. The Labute approximate surface area is 185 Å². The highest BCUT2D eigenvalue weighted by Crippen LogP contribution is 2.29. The van der Waals surface area contributed by atoms with Crippen LogP contribution >= 0.6 is 11.6 Å². The minimum absolute atomic E-state index is 0.282. The third-order valence-electron chi connectivity index (χ3n) is 5.09. The summed E-state index contributed by atoms with van der Waals surface area (Å²) in [5.41, 5.74) is 7.70. The molecule has 1 aliphatic rings. The summed E-state index contributed by atoms with van der Waals surface area (Å²) in [5, 5.41) is 4.72. The molecule has 1 heterocycles. The SMILES string of the molecule is COC(=O)c1ccc(/C=N/NC(=O)c2ccc3c(c2)CN(c2ccc(Cl)cc2)C3)cc1. The van der Waals surface area contributed by atoms with Crippen molar-refractivity contribution in [1.29, 1.82) is 0 Å². The Kier molecular flexibility index (Phi) is 6.00. The number of esters is 1. The smallest absolute Gasteiger partial charge is 0.337 e. The van der Waals surface area contributed by atoms with Gasteiger partial charge in [0.05, 0.1) is 18.9 Å². The summed E-state index contributed by atoms with van der Waals surface area (Å²) in [4.78, 5) is 26.2. The molecule has 0 aliphatic carbocycles. The second-order valence-corrected chi connectivity index (χ2v) is 7.57. The Bertz CT molecular complexity index is 1140. The number of amides is 1. The number of fused-ring (bicyclic) bond motifs is 1. The number of halogens is 1. The molecular formula is C24H20ClN3O3. The van der Waals surface area contributed by atoms with E-state index in [0.717, 1.165) is 29.9 Å². The number of hydrazone groups is 1. The number of rotatable bonds is 5. The first-order chi connectivity index (χ1) is 15.0. The monoisotopic (exact) mass is 433 g/mol. The number of nitrogens with one attached hydrogen (secondary N) is 1. The highest BCUT2D eigenvalue weighted by Gasteiger charge is 2.20. The molecule has 7 heteroatoms. The van der Waals surface area contributed by atoms with Gasteiger partial charge in [-0.1, -0.05) is 29.8 Å². The van der Waals surface area contributed by atoms with Crippen LogP contribution in [0.4, 0.5) is 5.69 Å². The van der Waals surface area contributed by atoms with E-state index in [2.05, 4.69) is 20.2 Å². The fourth-order valence-electron chi connectivity index (χ4n) is 3.42. The lowest BCUT2D eigenvalue weighted by Gasteiger charge is -2.17. The number of hydrogen-bond donors (Lipinski definition) is 1. The van der Waals surface area contributed by atoms with Crippen LogP contribution < -0.4 is 10.3 Å². The largest absolute Gasteiger partial charge is 0.465 e. The van der Waals surface area contributed by atoms with E-state index in [9.17, 15) is 9.59 Å². The number of nitrogens with zero attached hydrogens (tertiary/aromatic N) is 2. The Balaban J connectivity index is 1.38. The van der Waals surface area contributed by atoms with Crippen molar-refractivity contribution in [1.82, 2.24) is 5.43 Å². The molecule has 0 atom stereocenters. The highest BCUT2D eigenvalue weighted by molar-refractivity contribution is 6.30. The van der Waals surface area contributed by atoms with Crippen LogP contribution in [0.25, 0.3) is 0 Å². The van der Waals surface area contributed by atoms with E-state index < -0.39 is 5.97 Å². The van der Waals surface area contributed by atoms with Crippen molar-refractivity contribution >= 4 is 35.4 Å². The molecule has 3 aromatic rings. The summed E-state index contributed by atoms with van der Waals surface area (Å²) < 4.78 is 4.67. The van der Waals surface area contributed by atoms with Crippen LogP contribution in [0.3, 0.4) is 0 Å². The zero-order valence-corrected chi connectivity index (χ0v) is 17.6. The van der Waals surface area contributed by atoms with Gasteiger partial charge in [-0.3, -0.25) is 4.79 Å². The number of benzene rings is 3. The second-order valence-electron chi connectivity index (χ2n) is 7.13. The molecule has 31 heavy (non-hydrogen) atoms. The molecule has 3 aromatic carbocycles. The maximum absolute atomic E-state index is 12.5. The first-order valence-electron chi connectivity index (χ1n) is 9.67. The Morgan fingerprint density at radius 3 is 2.35 bits per heavy atom. The van der Waals surface area contributed by atoms with E-state index in [1.54, 1.807) is 30.3 Å². The number of anilines is 1. The third-order valence-corrected chi connectivity index (χ3v) is 5.35. The summed E-state index contributed by atoms with van der Waals surface area (Å²) in [6.45, 7) is 1.52. The zero-order valence-electron chi connectivity index (χ0n) is 16.8. The van der Waals surface area contributed by atoms with E-state index in [1.165, 1.54) is 18.9 Å². The highest BCUT2D eigenvalue weighted by atomic mass is 35.5. The van der Waals surface area contributed by atoms with E-state index in [4.69, 9.17) is 11.6 Å². The maximum atomic E-state index is 12.5. The molecule has 0 bridgehead atoms. The molecule has 0 saturated carbocycles. The van der Waals surface area contributed by atoms with Gasteiger partial charge in [0.2, 0.25) is 0 Å². The molecule has 156 valence electrons. The second kappa shape index (κ2) is 9.02. The van der Waals surface area contributed by atoms with Crippen LogP contribution in [-0.2, 0) is 17.8 Å². The summed E-state index contributed by atoms with van der Waals surface area (Å²) in [5.74, 6) is -0.682. The molecule has 0 spiro atoms. The topological polar surface area (TPSA) is 71.0 Å². The van der Waals surface area contributed by atoms with Crippen molar-refractivity contribution in [2.45, 2.75) is 13.1 Å².